The number of hydrogen-bond donors (Lipinski definition) is 1. The zero-order chi connectivity index (χ0) is 17.1. The van der Waals surface area contributed by atoms with Crippen molar-refractivity contribution in [1.29, 1.82) is 0 Å². The zero-order valence-corrected chi connectivity index (χ0v) is 14.7. The van der Waals surface area contributed by atoms with Crippen molar-refractivity contribution < 1.29 is 9.18 Å². The number of amides is 1. The highest BCUT2D eigenvalue weighted by Gasteiger charge is 2.19. The van der Waals surface area contributed by atoms with E-state index in [2.05, 4.69) is 15.3 Å². The molecule has 2 aromatic rings. The average molecular weight is 333 g/mol. The van der Waals surface area contributed by atoms with Gasteiger partial charge in [-0.15, -0.1) is 11.8 Å². The van der Waals surface area contributed by atoms with E-state index in [-0.39, 0.29) is 17.6 Å². The summed E-state index contributed by atoms with van der Waals surface area (Å²) in [7, 11) is 0. The largest absolute Gasteiger partial charge is 0.322 e. The number of thioether (sulfide) groups is 1. The second kappa shape index (κ2) is 7.08. The van der Waals surface area contributed by atoms with E-state index in [4.69, 9.17) is 0 Å². The van der Waals surface area contributed by atoms with E-state index in [1.54, 1.807) is 26.0 Å². The van der Waals surface area contributed by atoms with Gasteiger partial charge in [0.2, 0.25) is 0 Å². The summed E-state index contributed by atoms with van der Waals surface area (Å²) in [6, 6.07) is 4.62. The van der Waals surface area contributed by atoms with Crippen molar-refractivity contribution in [2.45, 2.75) is 38.6 Å². The van der Waals surface area contributed by atoms with Gasteiger partial charge in [0.1, 0.15) is 16.7 Å². The first-order valence-corrected chi connectivity index (χ1v) is 8.56. The number of halogens is 1. The lowest BCUT2D eigenvalue weighted by molar-refractivity contribution is 0.102. The first kappa shape index (κ1) is 17.4. The molecule has 0 saturated heterocycles. The number of aromatic nitrogens is 2. The number of rotatable bonds is 4. The molecule has 0 spiro atoms. The number of hydrogen-bond acceptors (Lipinski definition) is 4. The second-order valence-electron chi connectivity index (χ2n) is 5.62. The normalized spacial score (nSPS) is 10.9. The van der Waals surface area contributed by atoms with Crippen LogP contribution in [-0.2, 0) is 0 Å². The highest BCUT2D eigenvalue weighted by atomic mass is 32.2. The summed E-state index contributed by atoms with van der Waals surface area (Å²) in [4.78, 5) is 21.4. The monoisotopic (exact) mass is 333 g/mol. The second-order valence-corrected chi connectivity index (χ2v) is 6.42. The first-order valence-electron chi connectivity index (χ1n) is 7.33. The number of benzene rings is 1. The molecule has 1 aromatic carbocycles. The maximum Gasteiger partial charge on any atom is 0.260 e. The quantitative estimate of drug-likeness (QED) is 0.668. The van der Waals surface area contributed by atoms with E-state index >= 15 is 0 Å². The molecule has 0 unspecified atom stereocenters. The molecular formula is C17H20FN3OS. The lowest BCUT2D eigenvalue weighted by atomic mass is 10.1. The van der Waals surface area contributed by atoms with Crippen LogP contribution in [0, 0.1) is 19.7 Å². The minimum Gasteiger partial charge on any atom is -0.322 e. The van der Waals surface area contributed by atoms with Gasteiger partial charge in [0.25, 0.3) is 5.91 Å². The van der Waals surface area contributed by atoms with Crippen LogP contribution >= 0.6 is 11.8 Å². The van der Waals surface area contributed by atoms with Crippen molar-refractivity contribution in [2.24, 2.45) is 0 Å². The molecule has 0 bridgehead atoms. The number of anilines is 1. The Labute approximate surface area is 139 Å². The Hall–Kier alpha value is -1.95. The Balaban J connectivity index is 2.36. The summed E-state index contributed by atoms with van der Waals surface area (Å²) in [5, 5.41) is 3.35. The fourth-order valence-corrected chi connectivity index (χ4v) is 2.73. The molecule has 4 nitrogen and oxygen atoms in total. The van der Waals surface area contributed by atoms with Crippen LogP contribution in [0.15, 0.2) is 23.2 Å². The fraction of sp³-hybridized carbons (Fsp3) is 0.353. The van der Waals surface area contributed by atoms with Crippen LogP contribution in [0.5, 0.6) is 0 Å². The van der Waals surface area contributed by atoms with Gasteiger partial charge in [-0.3, -0.25) is 4.79 Å². The van der Waals surface area contributed by atoms with E-state index in [1.807, 2.05) is 20.1 Å². The molecule has 1 aromatic heterocycles. The van der Waals surface area contributed by atoms with Crippen molar-refractivity contribution in [3.05, 3.63) is 46.7 Å². The van der Waals surface area contributed by atoms with Crippen LogP contribution in [0.25, 0.3) is 0 Å². The Morgan fingerprint density at radius 1 is 1.26 bits per heavy atom. The van der Waals surface area contributed by atoms with Gasteiger partial charge in [0.05, 0.1) is 11.3 Å². The third-order valence-corrected chi connectivity index (χ3v) is 4.12. The average Bonchev–Trinajstić information content (AvgIpc) is 2.49. The molecule has 0 radical (unpaired) electrons. The fourth-order valence-electron chi connectivity index (χ4n) is 2.10. The van der Waals surface area contributed by atoms with Gasteiger partial charge < -0.3 is 5.32 Å². The van der Waals surface area contributed by atoms with E-state index in [9.17, 15) is 9.18 Å². The minimum absolute atomic E-state index is 0.183. The summed E-state index contributed by atoms with van der Waals surface area (Å²) in [5.41, 5.74) is 2.01. The van der Waals surface area contributed by atoms with Crippen molar-refractivity contribution >= 4 is 23.4 Å². The smallest absolute Gasteiger partial charge is 0.260 e. The molecule has 23 heavy (non-hydrogen) atoms. The molecule has 1 N–H and O–H groups in total. The van der Waals surface area contributed by atoms with Crippen LogP contribution in [-0.4, -0.2) is 22.1 Å². The van der Waals surface area contributed by atoms with Gasteiger partial charge in [0, 0.05) is 11.6 Å². The number of nitrogens with one attached hydrogen (secondary N) is 1. The predicted molar refractivity (Wildman–Crippen MR) is 91.7 cm³/mol. The third kappa shape index (κ3) is 3.88. The van der Waals surface area contributed by atoms with Crippen LogP contribution in [0.3, 0.4) is 0 Å². The van der Waals surface area contributed by atoms with Gasteiger partial charge in [-0.1, -0.05) is 19.9 Å². The van der Waals surface area contributed by atoms with Crippen LogP contribution in [0.1, 0.15) is 47.2 Å². The number of aryl methyl sites for hydroxylation is 2. The van der Waals surface area contributed by atoms with E-state index in [0.29, 0.717) is 33.4 Å². The number of carbonyl (C=O) groups is 1. The molecule has 0 aliphatic heterocycles. The lowest BCUT2D eigenvalue weighted by Gasteiger charge is -2.13. The summed E-state index contributed by atoms with van der Waals surface area (Å²) in [5.74, 6) is 0.217. The molecule has 0 aliphatic rings. The van der Waals surface area contributed by atoms with E-state index in [0.717, 1.165) is 0 Å². The standard InChI is InChI=1S/C17H20FN3OS/c1-9(2)15-19-11(4)14(17(21-15)23-5)16(22)20-12-7-6-10(3)13(18)8-12/h6-9H,1-5H3,(H,20,22). The van der Waals surface area contributed by atoms with Gasteiger partial charge in [-0.05, 0) is 37.8 Å². The lowest BCUT2D eigenvalue weighted by Crippen LogP contribution is -2.18. The zero-order valence-electron chi connectivity index (χ0n) is 13.9. The van der Waals surface area contributed by atoms with Crippen molar-refractivity contribution in [3.8, 4) is 0 Å². The highest BCUT2D eigenvalue weighted by Crippen LogP contribution is 2.24. The molecule has 6 heteroatoms. The Morgan fingerprint density at radius 3 is 2.52 bits per heavy atom. The minimum atomic E-state index is -0.351. The van der Waals surface area contributed by atoms with Crippen LogP contribution in [0.4, 0.5) is 10.1 Å². The summed E-state index contributed by atoms with van der Waals surface area (Å²) < 4.78 is 13.6. The predicted octanol–water partition coefficient (Wildman–Crippen LogP) is 4.33. The van der Waals surface area contributed by atoms with Crippen molar-refractivity contribution in [3.63, 3.8) is 0 Å². The summed E-state index contributed by atoms with van der Waals surface area (Å²) >= 11 is 1.40. The number of nitrogens with zero attached hydrogens (tertiary/aromatic N) is 2. The van der Waals surface area contributed by atoms with Crippen molar-refractivity contribution in [1.82, 2.24) is 9.97 Å². The van der Waals surface area contributed by atoms with Gasteiger partial charge >= 0.3 is 0 Å². The maximum atomic E-state index is 13.6. The maximum absolute atomic E-state index is 13.6. The molecule has 122 valence electrons. The van der Waals surface area contributed by atoms with E-state index < -0.39 is 0 Å². The highest BCUT2D eigenvalue weighted by molar-refractivity contribution is 7.98. The van der Waals surface area contributed by atoms with Gasteiger partial charge in [-0.25, -0.2) is 14.4 Å². The summed E-state index contributed by atoms with van der Waals surface area (Å²) in [6.45, 7) is 7.48. The molecule has 2 rings (SSSR count). The SMILES string of the molecule is CSc1nc(C(C)C)nc(C)c1C(=O)Nc1ccc(C)c(F)c1. The summed E-state index contributed by atoms with van der Waals surface area (Å²) in [6.07, 6.45) is 1.87. The molecule has 0 atom stereocenters. The molecule has 1 amide bonds. The van der Waals surface area contributed by atoms with Crippen LogP contribution < -0.4 is 5.32 Å². The molecular weight excluding hydrogens is 313 g/mol. The number of carbonyl (C=O) groups excluding carboxylic acids is 1. The first-order chi connectivity index (χ1) is 10.8. The Bertz CT molecular complexity index is 747. The molecule has 0 aliphatic carbocycles. The Morgan fingerprint density at radius 2 is 1.96 bits per heavy atom. The molecule has 0 saturated carbocycles. The topological polar surface area (TPSA) is 54.9 Å². The third-order valence-electron chi connectivity index (χ3n) is 3.44. The Kier molecular flexibility index (Phi) is 5.36. The molecule has 0 fully saturated rings. The van der Waals surface area contributed by atoms with Crippen LogP contribution in [0.2, 0.25) is 0 Å². The van der Waals surface area contributed by atoms with Gasteiger partial charge in [0.15, 0.2) is 0 Å². The molecule has 1 heterocycles. The van der Waals surface area contributed by atoms with Gasteiger partial charge in [-0.2, -0.15) is 0 Å². The van der Waals surface area contributed by atoms with Crippen molar-refractivity contribution in [2.75, 3.05) is 11.6 Å². The van der Waals surface area contributed by atoms with E-state index in [1.165, 1.54) is 17.8 Å².